The van der Waals surface area contributed by atoms with E-state index < -0.39 is 0 Å². The number of aryl methyl sites for hydroxylation is 1. The summed E-state index contributed by atoms with van der Waals surface area (Å²) in [6, 6.07) is 5.41. The van der Waals surface area contributed by atoms with Gasteiger partial charge >= 0.3 is 0 Å². The number of thioether (sulfide) groups is 1. The number of pyridine rings is 1. The zero-order valence-corrected chi connectivity index (χ0v) is 11.4. The minimum absolute atomic E-state index is 0.0394. The molecular weight excluding hydrogens is 268 g/mol. The molecule has 0 aromatic carbocycles. The van der Waals surface area contributed by atoms with E-state index in [-0.39, 0.29) is 5.91 Å². The molecular formula is C11H12N4OS2. The average molecular weight is 280 g/mol. The quantitative estimate of drug-likeness (QED) is 0.852. The van der Waals surface area contributed by atoms with Gasteiger partial charge < -0.3 is 5.32 Å². The number of amides is 1. The maximum absolute atomic E-state index is 11.6. The van der Waals surface area contributed by atoms with Crippen LogP contribution in [0.15, 0.2) is 28.7 Å². The summed E-state index contributed by atoms with van der Waals surface area (Å²) in [6.07, 6.45) is 2.08. The molecule has 0 unspecified atom stereocenters. The second-order valence-electron chi connectivity index (χ2n) is 3.45. The standard InChI is InChI=1S/C11H12N4OS2/c1-8-14-15-11(18-8)17-7-5-10(16)13-9-4-2-3-6-12-9/h2-4,6H,5,7H2,1H3,(H,12,13,16). The molecule has 0 radical (unpaired) electrons. The SMILES string of the molecule is Cc1nnc(SCCC(=O)Nc2ccccn2)s1. The molecule has 2 aromatic heterocycles. The Morgan fingerprint density at radius 3 is 3.00 bits per heavy atom. The van der Waals surface area contributed by atoms with Crippen LogP contribution in [0.1, 0.15) is 11.4 Å². The first kappa shape index (κ1) is 13.0. The molecule has 2 rings (SSSR count). The molecule has 0 saturated heterocycles. The van der Waals surface area contributed by atoms with Crippen LogP contribution >= 0.6 is 23.1 Å². The highest BCUT2D eigenvalue weighted by molar-refractivity contribution is 8.01. The molecule has 0 bridgehead atoms. The number of carbonyl (C=O) groups is 1. The Balaban J connectivity index is 1.72. The van der Waals surface area contributed by atoms with Crippen LogP contribution < -0.4 is 5.32 Å². The molecule has 7 heteroatoms. The monoisotopic (exact) mass is 280 g/mol. The van der Waals surface area contributed by atoms with E-state index in [0.29, 0.717) is 18.0 Å². The van der Waals surface area contributed by atoms with Gasteiger partial charge in [-0.2, -0.15) is 0 Å². The maximum Gasteiger partial charge on any atom is 0.226 e. The zero-order valence-electron chi connectivity index (χ0n) is 9.79. The molecule has 2 aromatic rings. The van der Waals surface area contributed by atoms with Gasteiger partial charge in [-0.1, -0.05) is 29.2 Å². The highest BCUT2D eigenvalue weighted by Crippen LogP contribution is 2.22. The van der Waals surface area contributed by atoms with Crippen molar-refractivity contribution in [1.29, 1.82) is 0 Å². The van der Waals surface area contributed by atoms with E-state index in [2.05, 4.69) is 20.5 Å². The van der Waals surface area contributed by atoms with Crippen molar-refractivity contribution in [3.8, 4) is 0 Å². The largest absolute Gasteiger partial charge is 0.311 e. The van der Waals surface area contributed by atoms with Crippen LogP contribution in [0, 0.1) is 6.92 Å². The minimum Gasteiger partial charge on any atom is -0.311 e. The topological polar surface area (TPSA) is 67.8 Å². The van der Waals surface area contributed by atoms with Gasteiger partial charge in [-0.15, -0.1) is 10.2 Å². The van der Waals surface area contributed by atoms with Crippen LogP contribution in [-0.4, -0.2) is 26.8 Å². The second kappa shape index (κ2) is 6.46. The van der Waals surface area contributed by atoms with Crippen molar-refractivity contribution >= 4 is 34.8 Å². The van der Waals surface area contributed by atoms with Crippen LogP contribution in [0.4, 0.5) is 5.82 Å². The van der Waals surface area contributed by atoms with E-state index in [1.165, 1.54) is 0 Å². The molecule has 1 N–H and O–H groups in total. The van der Waals surface area contributed by atoms with Gasteiger partial charge in [-0.05, 0) is 19.1 Å². The van der Waals surface area contributed by atoms with Crippen LogP contribution in [0.3, 0.4) is 0 Å². The summed E-state index contributed by atoms with van der Waals surface area (Å²) in [5, 5.41) is 11.6. The van der Waals surface area contributed by atoms with Crippen molar-refractivity contribution in [2.24, 2.45) is 0 Å². The summed E-state index contributed by atoms with van der Waals surface area (Å²) >= 11 is 3.08. The van der Waals surface area contributed by atoms with Crippen molar-refractivity contribution < 1.29 is 4.79 Å². The van der Waals surface area contributed by atoms with Crippen LogP contribution in [0.5, 0.6) is 0 Å². The Morgan fingerprint density at radius 1 is 1.44 bits per heavy atom. The van der Waals surface area contributed by atoms with E-state index in [9.17, 15) is 4.79 Å². The van der Waals surface area contributed by atoms with Gasteiger partial charge in [-0.3, -0.25) is 4.79 Å². The van der Waals surface area contributed by atoms with Crippen molar-refractivity contribution in [2.45, 2.75) is 17.7 Å². The van der Waals surface area contributed by atoms with Crippen LogP contribution in [-0.2, 0) is 4.79 Å². The zero-order chi connectivity index (χ0) is 12.8. The van der Waals surface area contributed by atoms with Gasteiger partial charge in [-0.25, -0.2) is 4.98 Å². The van der Waals surface area contributed by atoms with Gasteiger partial charge in [0, 0.05) is 18.4 Å². The van der Waals surface area contributed by atoms with E-state index in [1.54, 1.807) is 35.4 Å². The van der Waals surface area contributed by atoms with E-state index in [0.717, 1.165) is 9.35 Å². The van der Waals surface area contributed by atoms with Gasteiger partial charge in [0.05, 0.1) is 0 Å². The number of nitrogens with one attached hydrogen (secondary N) is 1. The molecule has 0 spiro atoms. The normalized spacial score (nSPS) is 10.3. The fraction of sp³-hybridized carbons (Fsp3) is 0.273. The molecule has 18 heavy (non-hydrogen) atoms. The number of carbonyl (C=O) groups excluding carboxylic acids is 1. The molecule has 1 amide bonds. The highest BCUT2D eigenvalue weighted by atomic mass is 32.2. The lowest BCUT2D eigenvalue weighted by atomic mass is 10.4. The summed E-state index contributed by atoms with van der Waals surface area (Å²) in [4.78, 5) is 15.6. The van der Waals surface area contributed by atoms with Crippen molar-refractivity contribution in [2.75, 3.05) is 11.1 Å². The lowest BCUT2D eigenvalue weighted by molar-refractivity contribution is -0.115. The Kier molecular flexibility index (Phi) is 4.66. The lowest BCUT2D eigenvalue weighted by Gasteiger charge is -2.02. The van der Waals surface area contributed by atoms with Gasteiger partial charge in [0.1, 0.15) is 10.8 Å². The molecule has 0 saturated carbocycles. The third-order valence-electron chi connectivity index (χ3n) is 1.99. The highest BCUT2D eigenvalue weighted by Gasteiger charge is 2.05. The number of hydrogen-bond donors (Lipinski definition) is 1. The molecule has 0 aliphatic carbocycles. The molecule has 0 aliphatic heterocycles. The maximum atomic E-state index is 11.6. The Morgan fingerprint density at radius 2 is 2.33 bits per heavy atom. The Bertz CT molecular complexity index is 515. The van der Waals surface area contributed by atoms with Crippen molar-refractivity contribution in [3.05, 3.63) is 29.4 Å². The molecule has 94 valence electrons. The number of rotatable bonds is 5. The van der Waals surface area contributed by atoms with Crippen LogP contribution in [0.25, 0.3) is 0 Å². The predicted octanol–water partition coefficient (Wildman–Crippen LogP) is 2.36. The fourth-order valence-corrected chi connectivity index (χ4v) is 3.03. The summed E-state index contributed by atoms with van der Waals surface area (Å²) < 4.78 is 0.901. The Labute approximate surface area is 113 Å². The van der Waals surface area contributed by atoms with Gasteiger partial charge in [0.2, 0.25) is 5.91 Å². The summed E-state index contributed by atoms with van der Waals surface area (Å²) in [5.74, 6) is 1.23. The fourth-order valence-electron chi connectivity index (χ4n) is 1.21. The van der Waals surface area contributed by atoms with Gasteiger partial charge in [0.15, 0.2) is 4.34 Å². The first-order chi connectivity index (χ1) is 8.74. The predicted molar refractivity (Wildman–Crippen MR) is 72.9 cm³/mol. The summed E-state index contributed by atoms with van der Waals surface area (Å²) in [6.45, 7) is 1.91. The first-order valence-electron chi connectivity index (χ1n) is 5.38. The number of nitrogens with zero attached hydrogens (tertiary/aromatic N) is 3. The summed E-state index contributed by atoms with van der Waals surface area (Å²) in [7, 11) is 0. The second-order valence-corrected chi connectivity index (χ2v) is 5.97. The first-order valence-corrected chi connectivity index (χ1v) is 7.18. The number of anilines is 1. The number of hydrogen-bond acceptors (Lipinski definition) is 6. The molecule has 2 heterocycles. The van der Waals surface area contributed by atoms with Crippen molar-refractivity contribution in [1.82, 2.24) is 15.2 Å². The van der Waals surface area contributed by atoms with Crippen molar-refractivity contribution in [3.63, 3.8) is 0 Å². The summed E-state index contributed by atoms with van der Waals surface area (Å²) in [5.41, 5.74) is 0. The third kappa shape index (κ3) is 4.08. The van der Waals surface area contributed by atoms with E-state index >= 15 is 0 Å². The number of aromatic nitrogens is 3. The third-order valence-corrected chi connectivity index (χ3v) is 3.97. The van der Waals surface area contributed by atoms with Gasteiger partial charge in [0.25, 0.3) is 0 Å². The smallest absolute Gasteiger partial charge is 0.226 e. The molecule has 0 atom stereocenters. The average Bonchev–Trinajstić information content (AvgIpc) is 2.76. The molecule has 5 nitrogen and oxygen atoms in total. The Hall–Kier alpha value is -1.47. The minimum atomic E-state index is -0.0394. The molecule has 0 aliphatic rings. The molecule has 0 fully saturated rings. The van der Waals surface area contributed by atoms with E-state index in [4.69, 9.17) is 0 Å². The lowest BCUT2D eigenvalue weighted by Crippen LogP contribution is -2.12. The van der Waals surface area contributed by atoms with Crippen LogP contribution in [0.2, 0.25) is 0 Å². The van der Waals surface area contributed by atoms with E-state index in [1.807, 2.05) is 19.1 Å².